The number of esters is 2. The fraction of sp³-hybridized carbons (Fsp3) is 0.870. The van der Waals surface area contributed by atoms with Gasteiger partial charge in [-0.1, -0.05) is 91.5 Å². The summed E-state index contributed by atoms with van der Waals surface area (Å²) in [4.78, 5) is 25.7. The van der Waals surface area contributed by atoms with Crippen molar-refractivity contribution in [3.63, 3.8) is 0 Å². The molecule has 0 spiro atoms. The van der Waals surface area contributed by atoms with Crippen LogP contribution in [0.5, 0.6) is 0 Å². The van der Waals surface area contributed by atoms with E-state index in [9.17, 15) is 9.59 Å². The van der Waals surface area contributed by atoms with E-state index in [2.05, 4.69) is 45.6 Å². The SMILES string of the molecule is C.CC(=O)OC/C=C/CC(CCCCCO[C@H]1CC[C@@]2(C)C(=CCC3C2CC[C@@]2(C)C3CC[C@@H]2[C@H](C)CCCC(C)C)C1)OC(=O)CCCN(C)C. The Hall–Kier alpha value is -1.66. The van der Waals surface area contributed by atoms with Crippen molar-refractivity contribution in [3.05, 3.63) is 23.8 Å². The Morgan fingerprint density at radius 2 is 1.71 bits per heavy atom. The Morgan fingerprint density at radius 1 is 0.923 bits per heavy atom. The van der Waals surface area contributed by atoms with E-state index in [4.69, 9.17) is 14.2 Å². The third-order valence-electron chi connectivity index (χ3n) is 14.0. The van der Waals surface area contributed by atoms with Crippen LogP contribution in [-0.4, -0.2) is 62.9 Å². The number of fused-ring (bicyclic) bond motifs is 5. The molecule has 300 valence electrons. The first kappa shape index (κ1) is 44.7. The van der Waals surface area contributed by atoms with Gasteiger partial charge in [0.15, 0.2) is 0 Å². The third-order valence-corrected chi connectivity index (χ3v) is 14.0. The van der Waals surface area contributed by atoms with E-state index in [-0.39, 0.29) is 32.1 Å². The summed E-state index contributed by atoms with van der Waals surface area (Å²) in [5, 5.41) is 0. The van der Waals surface area contributed by atoms with Crippen molar-refractivity contribution < 1.29 is 23.8 Å². The summed E-state index contributed by atoms with van der Waals surface area (Å²) in [6.07, 6.45) is 27.5. The predicted molar refractivity (Wildman–Crippen MR) is 216 cm³/mol. The molecular formula is C46H81NO5. The van der Waals surface area contributed by atoms with Crippen LogP contribution in [0.1, 0.15) is 165 Å². The number of nitrogens with zero attached hydrogens (tertiary/aromatic N) is 1. The van der Waals surface area contributed by atoms with E-state index in [1.54, 1.807) is 5.57 Å². The maximum absolute atomic E-state index is 12.5. The smallest absolute Gasteiger partial charge is 0.306 e. The van der Waals surface area contributed by atoms with Crippen LogP contribution >= 0.6 is 0 Å². The van der Waals surface area contributed by atoms with Crippen LogP contribution < -0.4 is 0 Å². The standard InChI is InChI=1S/C45H77NO5.CH4/c1-33(2)16-14-17-34(3)40-23-24-41-39-22-21-36-32-38(25-27-44(36,5)42(39)26-28-45(40,41)6)50-31-12-9-10-18-37(19-11-13-30-49-35(4)47)51-43(48)20-15-29-46(7)8;/h11,13,21,33-34,37-42H,9-10,12,14-20,22-32H2,1-8H3;1H4/b13-11+;/t34-,37?,38+,39?,40-,41?,42?,44+,45-;/m1./s1. The summed E-state index contributed by atoms with van der Waals surface area (Å²) >= 11 is 0. The Kier molecular flexibility index (Phi) is 18.4. The van der Waals surface area contributed by atoms with E-state index in [1.807, 2.05) is 26.2 Å². The quantitative estimate of drug-likeness (QED) is 0.0666. The molecule has 0 N–H and O–H groups in total. The van der Waals surface area contributed by atoms with Gasteiger partial charge in [0, 0.05) is 26.4 Å². The molecular weight excluding hydrogens is 647 g/mol. The summed E-state index contributed by atoms with van der Waals surface area (Å²) < 4.78 is 17.4. The van der Waals surface area contributed by atoms with Gasteiger partial charge in [-0.15, -0.1) is 0 Å². The molecule has 0 bridgehead atoms. The van der Waals surface area contributed by atoms with Crippen molar-refractivity contribution in [1.29, 1.82) is 0 Å². The van der Waals surface area contributed by atoms with Gasteiger partial charge in [-0.3, -0.25) is 9.59 Å². The largest absolute Gasteiger partial charge is 0.462 e. The van der Waals surface area contributed by atoms with Gasteiger partial charge in [0.25, 0.3) is 0 Å². The number of carbonyl (C=O) groups is 2. The maximum atomic E-state index is 12.5. The van der Waals surface area contributed by atoms with Crippen LogP contribution in [0.25, 0.3) is 0 Å². The molecule has 3 saturated carbocycles. The first-order valence-electron chi connectivity index (χ1n) is 21.3. The Labute approximate surface area is 320 Å². The van der Waals surface area contributed by atoms with Crippen LogP contribution in [0.3, 0.4) is 0 Å². The number of unbranched alkanes of at least 4 members (excludes halogenated alkanes) is 2. The molecule has 0 aromatic rings. The molecule has 3 fully saturated rings. The van der Waals surface area contributed by atoms with E-state index in [0.29, 0.717) is 29.8 Å². The first-order valence-corrected chi connectivity index (χ1v) is 21.3. The zero-order chi connectivity index (χ0) is 37.0. The molecule has 0 heterocycles. The molecule has 4 unspecified atom stereocenters. The second kappa shape index (κ2) is 21.4. The molecule has 0 saturated heterocycles. The molecule has 0 aliphatic heterocycles. The molecule has 6 nitrogen and oxygen atoms in total. The van der Waals surface area contributed by atoms with Crippen LogP contribution in [0.4, 0.5) is 0 Å². The van der Waals surface area contributed by atoms with Crippen LogP contribution in [0, 0.1) is 46.3 Å². The summed E-state index contributed by atoms with van der Waals surface area (Å²) in [7, 11) is 4.04. The minimum atomic E-state index is -0.288. The molecule has 0 aromatic heterocycles. The molecule has 4 rings (SSSR count). The first-order chi connectivity index (χ1) is 24.3. The molecule has 4 aliphatic rings. The number of hydrogen-bond acceptors (Lipinski definition) is 6. The number of carbonyl (C=O) groups excluding carboxylic acids is 2. The molecule has 0 aromatic carbocycles. The number of allylic oxidation sites excluding steroid dienone is 1. The molecule has 6 heteroatoms. The monoisotopic (exact) mass is 728 g/mol. The number of rotatable bonds is 21. The van der Waals surface area contributed by atoms with Crippen LogP contribution in [0.2, 0.25) is 0 Å². The average molecular weight is 728 g/mol. The topological polar surface area (TPSA) is 65.1 Å². The van der Waals surface area contributed by atoms with Crippen molar-refractivity contribution in [3.8, 4) is 0 Å². The fourth-order valence-electron chi connectivity index (χ4n) is 11.2. The Balaban J connectivity index is 0.00000729. The normalized spacial score (nSPS) is 31.0. The second-order valence-electron chi connectivity index (χ2n) is 18.4. The van der Waals surface area contributed by atoms with Gasteiger partial charge in [0.1, 0.15) is 12.7 Å². The zero-order valence-electron chi connectivity index (χ0n) is 34.2. The second-order valence-corrected chi connectivity index (χ2v) is 18.4. The van der Waals surface area contributed by atoms with Gasteiger partial charge in [-0.2, -0.15) is 0 Å². The summed E-state index contributed by atoms with van der Waals surface area (Å²) in [6.45, 7) is 16.0. The molecule has 4 aliphatic carbocycles. The summed E-state index contributed by atoms with van der Waals surface area (Å²) in [6, 6.07) is 0. The van der Waals surface area contributed by atoms with Gasteiger partial charge in [-0.05, 0) is 144 Å². The third kappa shape index (κ3) is 12.4. The number of ether oxygens (including phenoxy) is 3. The minimum Gasteiger partial charge on any atom is -0.462 e. The van der Waals surface area contributed by atoms with Gasteiger partial charge in [0.05, 0.1) is 6.10 Å². The van der Waals surface area contributed by atoms with Crippen molar-refractivity contribution in [2.45, 2.75) is 177 Å². The Bertz CT molecular complexity index is 1150. The summed E-state index contributed by atoms with van der Waals surface area (Å²) in [5.74, 6) is 4.87. The lowest BCUT2D eigenvalue weighted by Crippen LogP contribution is -2.51. The van der Waals surface area contributed by atoms with Gasteiger partial charge in [-0.25, -0.2) is 0 Å². The lowest BCUT2D eigenvalue weighted by atomic mass is 9.47. The highest BCUT2D eigenvalue weighted by molar-refractivity contribution is 5.69. The van der Waals surface area contributed by atoms with Crippen molar-refractivity contribution in [2.24, 2.45) is 46.3 Å². The van der Waals surface area contributed by atoms with Crippen molar-refractivity contribution >= 4 is 11.9 Å². The predicted octanol–water partition coefficient (Wildman–Crippen LogP) is 11.4. The van der Waals surface area contributed by atoms with Crippen LogP contribution in [-0.2, 0) is 23.8 Å². The molecule has 9 atom stereocenters. The molecule has 0 radical (unpaired) electrons. The van der Waals surface area contributed by atoms with Crippen LogP contribution in [0.15, 0.2) is 23.8 Å². The highest BCUT2D eigenvalue weighted by Gasteiger charge is 2.59. The molecule has 52 heavy (non-hydrogen) atoms. The number of hydrogen-bond donors (Lipinski definition) is 0. The van der Waals surface area contributed by atoms with Gasteiger partial charge < -0.3 is 19.1 Å². The average Bonchev–Trinajstić information content (AvgIpc) is 3.42. The lowest BCUT2D eigenvalue weighted by Gasteiger charge is -2.58. The van der Waals surface area contributed by atoms with Gasteiger partial charge >= 0.3 is 11.9 Å². The van der Waals surface area contributed by atoms with E-state index in [1.165, 1.54) is 71.1 Å². The molecule has 0 amide bonds. The van der Waals surface area contributed by atoms with E-state index in [0.717, 1.165) is 87.2 Å². The lowest BCUT2D eigenvalue weighted by molar-refractivity contribution is -0.149. The summed E-state index contributed by atoms with van der Waals surface area (Å²) in [5.41, 5.74) is 2.64. The van der Waals surface area contributed by atoms with E-state index < -0.39 is 0 Å². The van der Waals surface area contributed by atoms with Gasteiger partial charge in [0.2, 0.25) is 0 Å². The van der Waals surface area contributed by atoms with Crippen molar-refractivity contribution in [1.82, 2.24) is 4.90 Å². The minimum absolute atomic E-state index is 0. The maximum Gasteiger partial charge on any atom is 0.306 e. The highest BCUT2D eigenvalue weighted by atomic mass is 16.5. The van der Waals surface area contributed by atoms with E-state index >= 15 is 0 Å². The van der Waals surface area contributed by atoms with Crippen molar-refractivity contribution in [2.75, 3.05) is 33.9 Å². The zero-order valence-corrected chi connectivity index (χ0v) is 34.2. The fourth-order valence-corrected chi connectivity index (χ4v) is 11.2. The Morgan fingerprint density at radius 3 is 2.44 bits per heavy atom. The highest BCUT2D eigenvalue weighted by Crippen LogP contribution is 2.67.